The van der Waals surface area contributed by atoms with E-state index in [-0.39, 0.29) is 28.8 Å². The number of hydrogen-bond donors (Lipinski definition) is 2. The van der Waals surface area contributed by atoms with Crippen molar-refractivity contribution in [1.82, 2.24) is 15.3 Å². The molecule has 0 fully saturated rings. The van der Waals surface area contributed by atoms with Gasteiger partial charge in [0.2, 0.25) is 11.8 Å². The van der Waals surface area contributed by atoms with Crippen molar-refractivity contribution < 1.29 is 17.9 Å². The highest BCUT2D eigenvalue weighted by Gasteiger charge is 2.24. The fraction of sp³-hybridized carbons (Fsp3) is 0.281. The van der Waals surface area contributed by atoms with Crippen molar-refractivity contribution in [2.45, 2.75) is 57.0 Å². The van der Waals surface area contributed by atoms with Crippen LogP contribution in [0.25, 0.3) is 11.3 Å². The highest BCUT2D eigenvalue weighted by atomic mass is 32.2. The number of nitrogens with zero attached hydrogens (tertiary/aromatic N) is 2. The minimum atomic E-state index is -4.10. The molecule has 218 valence electrons. The van der Waals surface area contributed by atoms with E-state index in [0.29, 0.717) is 5.69 Å². The third-order valence-corrected chi connectivity index (χ3v) is 10.4. The summed E-state index contributed by atoms with van der Waals surface area (Å²) in [6.45, 7) is 11.2. The van der Waals surface area contributed by atoms with Crippen LogP contribution in [0, 0.1) is 13.8 Å². The van der Waals surface area contributed by atoms with Gasteiger partial charge in [-0.05, 0) is 60.7 Å². The van der Waals surface area contributed by atoms with Crippen LogP contribution in [-0.4, -0.2) is 38.9 Å². The lowest BCUT2D eigenvalue weighted by atomic mass is 10.00. The summed E-state index contributed by atoms with van der Waals surface area (Å²) in [5, 5.41) is 2.92. The molecule has 8 nitrogen and oxygen atoms in total. The van der Waals surface area contributed by atoms with Gasteiger partial charge in [-0.25, -0.2) is 18.1 Å². The first-order chi connectivity index (χ1) is 19.9. The molecule has 0 spiro atoms. The van der Waals surface area contributed by atoms with Crippen LogP contribution in [0.15, 0.2) is 77.7 Å². The van der Waals surface area contributed by atoms with Crippen LogP contribution in [-0.2, 0) is 16.4 Å². The molecular weight excluding hydrogens is 565 g/mol. The van der Waals surface area contributed by atoms with E-state index < -0.39 is 30.1 Å². The van der Waals surface area contributed by atoms with Crippen LogP contribution < -0.4 is 14.8 Å². The van der Waals surface area contributed by atoms with Gasteiger partial charge in [0.1, 0.15) is 6.10 Å². The predicted molar refractivity (Wildman–Crippen MR) is 168 cm³/mol. The summed E-state index contributed by atoms with van der Waals surface area (Å²) in [5.41, 5.74) is 5.71. The number of benzene rings is 3. The Balaban J connectivity index is 1.59. The molecule has 5 rings (SSSR count). The second kappa shape index (κ2) is 11.7. The molecule has 3 aromatic carbocycles. The van der Waals surface area contributed by atoms with E-state index in [2.05, 4.69) is 51.8 Å². The Hall–Kier alpha value is -4.02. The molecule has 1 aromatic heterocycles. The van der Waals surface area contributed by atoms with Crippen LogP contribution in [0.2, 0.25) is 25.7 Å². The number of carbonyl (C=O) groups is 1. The average molecular weight is 601 g/mol. The smallest absolute Gasteiger partial charge is 0.264 e. The summed E-state index contributed by atoms with van der Waals surface area (Å²) in [6.07, 6.45) is 0.428. The van der Waals surface area contributed by atoms with Crippen LogP contribution in [0.1, 0.15) is 38.7 Å². The summed E-state index contributed by atoms with van der Waals surface area (Å²) in [6, 6.07) is 23.0. The van der Waals surface area contributed by atoms with E-state index in [9.17, 15) is 13.2 Å². The molecular formula is C32H36N4O4SSi. The molecule has 0 unspecified atom stereocenters. The van der Waals surface area contributed by atoms with E-state index in [0.717, 1.165) is 28.7 Å². The van der Waals surface area contributed by atoms with Crippen LogP contribution in [0.3, 0.4) is 0 Å². The Morgan fingerprint density at radius 2 is 1.62 bits per heavy atom. The normalized spacial score (nSPS) is 16.6. The molecule has 4 aromatic rings. The fourth-order valence-electron chi connectivity index (χ4n) is 4.94. The van der Waals surface area contributed by atoms with Gasteiger partial charge in [0.05, 0.1) is 17.1 Å². The third-order valence-electron chi connectivity index (χ3n) is 7.30. The van der Waals surface area contributed by atoms with Gasteiger partial charge >= 0.3 is 0 Å². The first-order valence-electron chi connectivity index (χ1n) is 14.0. The molecule has 1 aliphatic rings. The topological polar surface area (TPSA) is 110 Å². The van der Waals surface area contributed by atoms with Crippen LogP contribution in [0.5, 0.6) is 5.88 Å². The van der Waals surface area contributed by atoms with Crippen molar-refractivity contribution in [1.29, 1.82) is 0 Å². The number of carbonyl (C=O) groups excluding carboxylic acids is 1. The van der Waals surface area contributed by atoms with Gasteiger partial charge < -0.3 is 10.1 Å². The molecule has 0 radical (unpaired) electrons. The maximum Gasteiger partial charge on any atom is 0.264 e. The number of ether oxygens (including phenoxy) is 1. The Kier molecular flexibility index (Phi) is 8.20. The SMILES string of the molecule is Cc1cccc(C)c1-c1cc2nc(n1)NS(=O)(=O)c1cccc(c1)C(=O)NC[C@H](c1ccc(CC[Si](C)(C)C)cc1)O2. The van der Waals surface area contributed by atoms with E-state index in [1.54, 1.807) is 12.1 Å². The van der Waals surface area contributed by atoms with Gasteiger partial charge in [-0.1, -0.05) is 74.2 Å². The zero-order valence-electron chi connectivity index (χ0n) is 24.6. The van der Waals surface area contributed by atoms with Crippen molar-refractivity contribution in [2.75, 3.05) is 11.3 Å². The van der Waals surface area contributed by atoms with Gasteiger partial charge in [-0.15, -0.1) is 0 Å². The lowest BCUT2D eigenvalue weighted by Gasteiger charge is -2.21. The second-order valence-electron chi connectivity index (χ2n) is 11.9. The van der Waals surface area contributed by atoms with E-state index in [1.807, 2.05) is 44.2 Å². The molecule has 2 heterocycles. The number of rotatable bonds is 5. The summed E-state index contributed by atoms with van der Waals surface area (Å²) in [4.78, 5) is 22.1. The van der Waals surface area contributed by atoms with E-state index in [1.165, 1.54) is 29.8 Å². The van der Waals surface area contributed by atoms with Crippen molar-refractivity contribution in [3.05, 3.63) is 101 Å². The zero-order chi connectivity index (χ0) is 30.1. The van der Waals surface area contributed by atoms with Crippen LogP contribution >= 0.6 is 0 Å². The van der Waals surface area contributed by atoms with E-state index >= 15 is 0 Å². The molecule has 1 amide bonds. The number of aryl methyl sites for hydroxylation is 3. The number of nitrogens with one attached hydrogen (secondary N) is 2. The largest absolute Gasteiger partial charge is 0.467 e. The Morgan fingerprint density at radius 3 is 2.31 bits per heavy atom. The highest BCUT2D eigenvalue weighted by molar-refractivity contribution is 7.92. The number of fused-ring (bicyclic) bond motifs is 4. The molecule has 0 aliphatic carbocycles. The third kappa shape index (κ3) is 6.88. The minimum absolute atomic E-state index is 0.0663. The molecule has 42 heavy (non-hydrogen) atoms. The van der Waals surface area contributed by atoms with Crippen molar-refractivity contribution >= 4 is 30.0 Å². The number of sulfonamides is 1. The average Bonchev–Trinajstić information content (AvgIpc) is 2.93. The summed E-state index contributed by atoms with van der Waals surface area (Å²) >= 11 is 0. The minimum Gasteiger partial charge on any atom is -0.467 e. The standard InChI is InChI=1S/C32H36N4O4SSi/c1-21-8-6-9-22(2)30(21)27-19-29-35-32(34-27)36-41(38,39)26-11-7-10-25(18-26)31(37)33-20-28(40-29)24-14-12-23(13-15-24)16-17-42(3,4)5/h6-15,18-19,28H,16-17,20H2,1-5H3,(H,33,37)(H,34,35,36)/t28-/m1/s1. The first-order valence-corrected chi connectivity index (χ1v) is 19.2. The summed E-state index contributed by atoms with van der Waals surface area (Å²) in [7, 11) is -5.27. The highest BCUT2D eigenvalue weighted by Crippen LogP contribution is 2.31. The van der Waals surface area contributed by atoms with Gasteiger partial charge in [0.25, 0.3) is 15.9 Å². The fourth-order valence-corrected chi connectivity index (χ4v) is 6.97. The first kappa shape index (κ1) is 29.5. The quantitative estimate of drug-likeness (QED) is 0.260. The number of anilines is 1. The van der Waals surface area contributed by atoms with Gasteiger partial charge in [-0.2, -0.15) is 4.98 Å². The number of aromatic nitrogens is 2. The molecule has 1 atom stereocenters. The lowest BCUT2D eigenvalue weighted by molar-refractivity contribution is 0.0925. The lowest BCUT2D eigenvalue weighted by Crippen LogP contribution is -2.31. The van der Waals surface area contributed by atoms with Gasteiger partial charge in [0.15, 0.2) is 0 Å². The van der Waals surface area contributed by atoms with Crippen molar-refractivity contribution in [2.24, 2.45) is 0 Å². The maximum absolute atomic E-state index is 13.3. The summed E-state index contributed by atoms with van der Waals surface area (Å²) < 4.78 is 35.6. The molecule has 10 heteroatoms. The molecule has 0 saturated heterocycles. The van der Waals surface area contributed by atoms with E-state index in [4.69, 9.17) is 4.74 Å². The van der Waals surface area contributed by atoms with Crippen molar-refractivity contribution in [3.8, 4) is 17.1 Å². The predicted octanol–water partition coefficient (Wildman–Crippen LogP) is 6.31. The Labute approximate surface area is 248 Å². The van der Waals surface area contributed by atoms with Crippen molar-refractivity contribution in [3.63, 3.8) is 0 Å². The van der Waals surface area contributed by atoms with Gasteiger partial charge in [-0.3, -0.25) is 4.79 Å². The summed E-state index contributed by atoms with van der Waals surface area (Å²) in [5.74, 6) is -0.330. The van der Waals surface area contributed by atoms with Crippen LogP contribution in [0.4, 0.5) is 5.95 Å². The maximum atomic E-state index is 13.3. The number of amides is 1. The second-order valence-corrected chi connectivity index (χ2v) is 19.2. The molecule has 0 saturated carbocycles. The molecule has 2 N–H and O–H groups in total. The monoisotopic (exact) mass is 600 g/mol. The number of hydrogen-bond acceptors (Lipinski definition) is 6. The molecule has 4 bridgehead atoms. The molecule has 1 aliphatic heterocycles. The Morgan fingerprint density at radius 1 is 0.929 bits per heavy atom. The zero-order valence-corrected chi connectivity index (χ0v) is 26.4. The Bertz CT molecular complexity index is 1710. The van der Waals surface area contributed by atoms with Gasteiger partial charge in [0, 0.05) is 25.3 Å².